The van der Waals surface area contributed by atoms with E-state index in [0.717, 1.165) is 24.9 Å². The van der Waals surface area contributed by atoms with Gasteiger partial charge in [0.25, 0.3) is 0 Å². The van der Waals surface area contributed by atoms with Crippen molar-refractivity contribution in [3.05, 3.63) is 0 Å². The summed E-state index contributed by atoms with van der Waals surface area (Å²) in [4.78, 5) is 0. The fraction of sp³-hybridized carbons (Fsp3) is 1.00. The lowest BCUT2D eigenvalue weighted by atomic mass is 9.79. The first kappa shape index (κ1) is 9.01. The molecule has 1 saturated heterocycles. The van der Waals surface area contributed by atoms with Crippen molar-refractivity contribution in [3.63, 3.8) is 0 Å². The third kappa shape index (κ3) is 2.17. The van der Waals surface area contributed by atoms with Crippen LogP contribution in [0.2, 0.25) is 0 Å². The quantitative estimate of drug-likeness (QED) is 0.623. The highest BCUT2D eigenvalue weighted by atomic mass is 16.3. The van der Waals surface area contributed by atoms with Crippen LogP contribution in [0.5, 0.6) is 0 Å². The summed E-state index contributed by atoms with van der Waals surface area (Å²) < 4.78 is 0. The van der Waals surface area contributed by atoms with Crippen LogP contribution in [0.4, 0.5) is 0 Å². The van der Waals surface area contributed by atoms with E-state index in [1.165, 1.54) is 6.42 Å². The van der Waals surface area contributed by atoms with Gasteiger partial charge in [-0.3, -0.25) is 0 Å². The molecular formula is C9H19NO. The highest BCUT2D eigenvalue weighted by Gasteiger charge is 2.25. The van der Waals surface area contributed by atoms with Crippen molar-refractivity contribution in [2.75, 3.05) is 19.7 Å². The van der Waals surface area contributed by atoms with E-state index in [1.54, 1.807) is 0 Å². The first-order chi connectivity index (χ1) is 5.25. The molecule has 1 heterocycles. The number of piperidine rings is 1. The van der Waals surface area contributed by atoms with Gasteiger partial charge in [-0.15, -0.1) is 0 Å². The van der Waals surface area contributed by atoms with Crippen LogP contribution in [0, 0.1) is 17.8 Å². The minimum atomic E-state index is 0.342. The van der Waals surface area contributed by atoms with Crippen molar-refractivity contribution in [1.82, 2.24) is 5.32 Å². The fourth-order valence-corrected chi connectivity index (χ4v) is 2.02. The number of hydrogen-bond acceptors (Lipinski definition) is 2. The maximum atomic E-state index is 8.98. The van der Waals surface area contributed by atoms with E-state index in [2.05, 4.69) is 19.2 Å². The largest absolute Gasteiger partial charge is 0.396 e. The first-order valence-electron chi connectivity index (χ1n) is 4.57. The molecular weight excluding hydrogens is 138 g/mol. The topological polar surface area (TPSA) is 32.3 Å². The molecule has 1 aliphatic rings. The monoisotopic (exact) mass is 157 g/mol. The van der Waals surface area contributed by atoms with Crippen molar-refractivity contribution >= 4 is 0 Å². The summed E-state index contributed by atoms with van der Waals surface area (Å²) in [7, 11) is 0. The molecule has 3 atom stereocenters. The molecule has 1 fully saturated rings. The predicted octanol–water partition coefficient (Wildman–Crippen LogP) is 0.860. The van der Waals surface area contributed by atoms with Gasteiger partial charge in [-0.2, -0.15) is 0 Å². The van der Waals surface area contributed by atoms with Crippen molar-refractivity contribution in [2.24, 2.45) is 17.8 Å². The molecule has 0 aliphatic carbocycles. The molecule has 11 heavy (non-hydrogen) atoms. The van der Waals surface area contributed by atoms with Crippen LogP contribution in [0.1, 0.15) is 20.3 Å². The SMILES string of the molecule is CC(CO)C1CCNCC1C. The van der Waals surface area contributed by atoms with Gasteiger partial charge < -0.3 is 10.4 Å². The molecule has 0 saturated carbocycles. The number of rotatable bonds is 2. The third-order valence-corrected chi connectivity index (χ3v) is 2.87. The summed E-state index contributed by atoms with van der Waals surface area (Å²) in [6, 6.07) is 0. The molecule has 0 bridgehead atoms. The second kappa shape index (κ2) is 4.07. The van der Waals surface area contributed by atoms with E-state index in [9.17, 15) is 0 Å². The molecule has 0 spiro atoms. The lowest BCUT2D eigenvalue weighted by Gasteiger charge is -2.33. The Morgan fingerprint density at radius 1 is 1.64 bits per heavy atom. The van der Waals surface area contributed by atoms with Gasteiger partial charge >= 0.3 is 0 Å². The van der Waals surface area contributed by atoms with Gasteiger partial charge in [0.15, 0.2) is 0 Å². The van der Waals surface area contributed by atoms with Crippen molar-refractivity contribution < 1.29 is 5.11 Å². The van der Waals surface area contributed by atoms with Gasteiger partial charge in [-0.1, -0.05) is 13.8 Å². The molecule has 0 aromatic carbocycles. The zero-order chi connectivity index (χ0) is 8.27. The Labute approximate surface area is 69.0 Å². The van der Waals surface area contributed by atoms with Gasteiger partial charge in [0.2, 0.25) is 0 Å². The number of nitrogens with one attached hydrogen (secondary N) is 1. The van der Waals surface area contributed by atoms with E-state index in [1.807, 2.05) is 0 Å². The average molecular weight is 157 g/mol. The normalized spacial score (nSPS) is 35.2. The Hall–Kier alpha value is -0.0800. The molecule has 3 unspecified atom stereocenters. The van der Waals surface area contributed by atoms with Gasteiger partial charge in [0, 0.05) is 6.61 Å². The Kier molecular flexibility index (Phi) is 3.34. The molecule has 66 valence electrons. The van der Waals surface area contributed by atoms with Gasteiger partial charge in [0.05, 0.1) is 0 Å². The molecule has 0 aromatic rings. The van der Waals surface area contributed by atoms with Crippen LogP contribution in [0.25, 0.3) is 0 Å². The van der Waals surface area contributed by atoms with Crippen LogP contribution >= 0.6 is 0 Å². The lowest BCUT2D eigenvalue weighted by molar-refractivity contribution is 0.129. The maximum Gasteiger partial charge on any atom is 0.0459 e. The van der Waals surface area contributed by atoms with Crippen LogP contribution in [-0.2, 0) is 0 Å². The molecule has 1 aliphatic heterocycles. The van der Waals surface area contributed by atoms with Crippen LogP contribution in [0.15, 0.2) is 0 Å². The van der Waals surface area contributed by atoms with Crippen LogP contribution in [0.3, 0.4) is 0 Å². The van der Waals surface area contributed by atoms with Crippen LogP contribution in [-0.4, -0.2) is 24.8 Å². The molecule has 1 rings (SSSR count). The Balaban J connectivity index is 2.40. The minimum Gasteiger partial charge on any atom is -0.396 e. The summed E-state index contributed by atoms with van der Waals surface area (Å²) in [5, 5.41) is 12.3. The summed E-state index contributed by atoms with van der Waals surface area (Å²) in [6.07, 6.45) is 1.23. The van der Waals surface area contributed by atoms with E-state index < -0.39 is 0 Å². The number of aliphatic hydroxyl groups is 1. The molecule has 0 aromatic heterocycles. The Bertz CT molecular complexity index is 112. The first-order valence-corrected chi connectivity index (χ1v) is 4.57. The van der Waals surface area contributed by atoms with Gasteiger partial charge in [-0.05, 0) is 37.3 Å². The minimum absolute atomic E-state index is 0.342. The zero-order valence-corrected chi connectivity index (χ0v) is 7.51. The smallest absolute Gasteiger partial charge is 0.0459 e. The summed E-state index contributed by atoms with van der Waals surface area (Å²) in [5.41, 5.74) is 0. The summed E-state index contributed by atoms with van der Waals surface area (Å²) >= 11 is 0. The van der Waals surface area contributed by atoms with E-state index in [-0.39, 0.29) is 0 Å². The van der Waals surface area contributed by atoms with E-state index in [4.69, 9.17) is 5.11 Å². The second-order valence-corrected chi connectivity index (χ2v) is 3.79. The average Bonchev–Trinajstić information content (AvgIpc) is 2.04. The third-order valence-electron chi connectivity index (χ3n) is 2.87. The molecule has 2 N–H and O–H groups in total. The van der Waals surface area contributed by atoms with Crippen molar-refractivity contribution in [2.45, 2.75) is 20.3 Å². The number of aliphatic hydroxyl groups excluding tert-OH is 1. The van der Waals surface area contributed by atoms with Crippen molar-refractivity contribution in [1.29, 1.82) is 0 Å². The van der Waals surface area contributed by atoms with Gasteiger partial charge in [-0.25, -0.2) is 0 Å². The highest BCUT2D eigenvalue weighted by Crippen LogP contribution is 2.25. The Morgan fingerprint density at radius 3 is 2.91 bits per heavy atom. The predicted molar refractivity (Wildman–Crippen MR) is 46.4 cm³/mol. The molecule has 2 heteroatoms. The number of hydrogen-bond donors (Lipinski definition) is 2. The summed E-state index contributed by atoms with van der Waals surface area (Å²) in [5.74, 6) is 1.93. The fourth-order valence-electron chi connectivity index (χ4n) is 2.02. The maximum absolute atomic E-state index is 8.98. The van der Waals surface area contributed by atoms with Crippen molar-refractivity contribution in [3.8, 4) is 0 Å². The zero-order valence-electron chi connectivity index (χ0n) is 7.51. The second-order valence-electron chi connectivity index (χ2n) is 3.79. The van der Waals surface area contributed by atoms with E-state index in [0.29, 0.717) is 12.5 Å². The Morgan fingerprint density at radius 2 is 2.36 bits per heavy atom. The lowest BCUT2D eigenvalue weighted by Crippen LogP contribution is -2.38. The van der Waals surface area contributed by atoms with Crippen LogP contribution < -0.4 is 5.32 Å². The van der Waals surface area contributed by atoms with Gasteiger partial charge in [0.1, 0.15) is 0 Å². The summed E-state index contributed by atoms with van der Waals surface area (Å²) in [6.45, 7) is 7.00. The molecule has 0 radical (unpaired) electrons. The highest BCUT2D eigenvalue weighted by molar-refractivity contribution is 4.78. The standard InChI is InChI=1S/C9H19NO/c1-7-5-10-4-3-9(7)8(2)6-11/h7-11H,3-6H2,1-2H3. The molecule has 0 amide bonds. The molecule has 2 nitrogen and oxygen atoms in total. The van der Waals surface area contributed by atoms with E-state index >= 15 is 0 Å².